The van der Waals surface area contributed by atoms with Crippen LogP contribution in [-0.2, 0) is 32.6 Å². The van der Waals surface area contributed by atoms with Gasteiger partial charge in [-0.25, -0.2) is 8.42 Å². The van der Waals surface area contributed by atoms with Crippen molar-refractivity contribution in [2.75, 3.05) is 22.7 Å². The van der Waals surface area contributed by atoms with Crippen molar-refractivity contribution >= 4 is 44.5 Å². The van der Waals surface area contributed by atoms with Gasteiger partial charge in [-0.2, -0.15) is 5.10 Å². The summed E-state index contributed by atoms with van der Waals surface area (Å²) in [6.07, 6.45) is 1.45. The Morgan fingerprint density at radius 1 is 1.15 bits per heavy atom. The van der Waals surface area contributed by atoms with Crippen molar-refractivity contribution in [2.24, 2.45) is 0 Å². The van der Waals surface area contributed by atoms with Gasteiger partial charge in [0, 0.05) is 24.5 Å². The number of thiophene rings is 1. The van der Waals surface area contributed by atoms with Crippen LogP contribution in [0.25, 0.3) is 0 Å². The SMILES string of the molecule is Cc1cc(C)n(CCNC(=O)C(=O)Nc2ccc3c(c2)N(S(=O)(=O)c2cccs2)CCC3)n1. The van der Waals surface area contributed by atoms with Crippen LogP contribution in [0.4, 0.5) is 11.4 Å². The number of aryl methyl sites for hydroxylation is 3. The quantitative estimate of drug-likeness (QED) is 0.519. The molecule has 2 aromatic heterocycles. The number of nitrogens with zero attached hydrogens (tertiary/aromatic N) is 3. The van der Waals surface area contributed by atoms with Gasteiger partial charge < -0.3 is 10.6 Å². The first-order valence-corrected chi connectivity index (χ1v) is 12.9. The fraction of sp³-hybridized carbons (Fsp3) is 0.318. The van der Waals surface area contributed by atoms with Crippen LogP contribution in [0.5, 0.6) is 0 Å². The minimum atomic E-state index is -3.68. The number of aromatic nitrogens is 2. The maximum absolute atomic E-state index is 13.1. The molecule has 0 saturated carbocycles. The lowest BCUT2D eigenvalue weighted by Gasteiger charge is -2.30. The van der Waals surface area contributed by atoms with E-state index in [-0.39, 0.29) is 10.8 Å². The van der Waals surface area contributed by atoms with Gasteiger partial charge >= 0.3 is 11.8 Å². The Bertz CT molecular complexity index is 1280. The molecular formula is C22H25N5O4S2. The van der Waals surface area contributed by atoms with E-state index in [4.69, 9.17) is 0 Å². The van der Waals surface area contributed by atoms with Crippen molar-refractivity contribution in [3.8, 4) is 0 Å². The molecule has 0 saturated heterocycles. The maximum Gasteiger partial charge on any atom is 0.313 e. The van der Waals surface area contributed by atoms with Gasteiger partial charge in [0.05, 0.1) is 17.9 Å². The summed E-state index contributed by atoms with van der Waals surface area (Å²) in [7, 11) is -3.68. The van der Waals surface area contributed by atoms with Crippen LogP contribution < -0.4 is 14.9 Å². The molecule has 1 aromatic carbocycles. The first-order chi connectivity index (χ1) is 15.8. The summed E-state index contributed by atoms with van der Waals surface area (Å²) in [5.74, 6) is -1.58. The molecule has 0 aliphatic carbocycles. The number of amides is 2. The van der Waals surface area contributed by atoms with E-state index in [0.29, 0.717) is 30.9 Å². The summed E-state index contributed by atoms with van der Waals surface area (Å²) in [6, 6.07) is 10.3. The molecule has 0 unspecified atom stereocenters. The highest BCUT2D eigenvalue weighted by Gasteiger charge is 2.30. The average Bonchev–Trinajstić information content (AvgIpc) is 3.43. The normalized spacial score (nSPS) is 13.5. The highest BCUT2D eigenvalue weighted by molar-refractivity contribution is 7.94. The Hall–Kier alpha value is -3.18. The summed E-state index contributed by atoms with van der Waals surface area (Å²) in [5, 5.41) is 11.2. The summed E-state index contributed by atoms with van der Waals surface area (Å²) < 4.78 is 29.6. The lowest BCUT2D eigenvalue weighted by atomic mass is 10.0. The fourth-order valence-corrected chi connectivity index (χ4v) is 6.47. The van der Waals surface area contributed by atoms with Gasteiger partial charge in [-0.05, 0) is 61.9 Å². The largest absolute Gasteiger partial charge is 0.346 e. The summed E-state index contributed by atoms with van der Waals surface area (Å²) in [5.41, 5.74) is 3.63. The molecule has 0 spiro atoms. The van der Waals surface area contributed by atoms with Crippen molar-refractivity contribution < 1.29 is 18.0 Å². The van der Waals surface area contributed by atoms with E-state index in [1.807, 2.05) is 19.9 Å². The first-order valence-electron chi connectivity index (χ1n) is 10.5. The predicted octanol–water partition coefficient (Wildman–Crippen LogP) is 2.46. The number of fused-ring (bicyclic) bond motifs is 1. The van der Waals surface area contributed by atoms with Crippen molar-refractivity contribution in [2.45, 2.75) is 37.4 Å². The minimum Gasteiger partial charge on any atom is -0.346 e. The zero-order valence-electron chi connectivity index (χ0n) is 18.4. The number of benzene rings is 1. The van der Waals surface area contributed by atoms with E-state index in [9.17, 15) is 18.0 Å². The molecule has 9 nitrogen and oxygen atoms in total. The Labute approximate surface area is 196 Å². The van der Waals surface area contributed by atoms with E-state index in [1.165, 1.54) is 15.6 Å². The van der Waals surface area contributed by atoms with Gasteiger partial charge in [-0.15, -0.1) is 11.3 Å². The van der Waals surface area contributed by atoms with Crippen LogP contribution >= 0.6 is 11.3 Å². The third kappa shape index (κ3) is 4.93. The molecule has 2 amide bonds. The second-order valence-corrected chi connectivity index (χ2v) is 10.9. The zero-order chi connectivity index (χ0) is 23.6. The molecule has 174 valence electrons. The standard InChI is InChI=1S/C22H25N5O4S2/c1-15-13-16(2)26(25-15)11-9-23-21(28)22(29)24-18-8-7-17-5-3-10-27(19(17)14-18)33(30,31)20-6-4-12-32-20/h4,6-8,12-14H,3,5,9-11H2,1-2H3,(H,23,28)(H,24,29). The molecule has 0 bridgehead atoms. The van der Waals surface area contributed by atoms with Gasteiger partial charge in [-0.1, -0.05) is 12.1 Å². The Morgan fingerprint density at radius 3 is 2.67 bits per heavy atom. The van der Waals surface area contributed by atoms with Crippen LogP contribution in [0, 0.1) is 13.8 Å². The second kappa shape index (κ2) is 9.36. The van der Waals surface area contributed by atoms with Crippen LogP contribution in [0.1, 0.15) is 23.4 Å². The van der Waals surface area contributed by atoms with Crippen molar-refractivity contribution in [1.82, 2.24) is 15.1 Å². The molecule has 3 heterocycles. The Kier molecular flexibility index (Phi) is 6.52. The summed E-state index contributed by atoms with van der Waals surface area (Å²) in [4.78, 5) is 24.6. The number of sulfonamides is 1. The van der Waals surface area contributed by atoms with Gasteiger partial charge in [0.1, 0.15) is 4.21 Å². The zero-order valence-corrected chi connectivity index (χ0v) is 20.0. The Balaban J connectivity index is 1.43. The highest BCUT2D eigenvalue weighted by Crippen LogP contribution is 2.35. The van der Waals surface area contributed by atoms with Gasteiger partial charge in [0.15, 0.2) is 0 Å². The maximum atomic E-state index is 13.1. The van der Waals surface area contributed by atoms with E-state index in [1.54, 1.807) is 40.4 Å². The monoisotopic (exact) mass is 487 g/mol. The van der Waals surface area contributed by atoms with Crippen LogP contribution in [-0.4, -0.2) is 43.1 Å². The Morgan fingerprint density at radius 2 is 1.97 bits per heavy atom. The topological polar surface area (TPSA) is 113 Å². The van der Waals surface area contributed by atoms with E-state index in [2.05, 4.69) is 15.7 Å². The fourth-order valence-electron chi connectivity index (χ4n) is 3.83. The number of rotatable bonds is 6. The van der Waals surface area contributed by atoms with Gasteiger partial charge in [0.25, 0.3) is 10.0 Å². The number of nitrogens with one attached hydrogen (secondary N) is 2. The van der Waals surface area contributed by atoms with Crippen LogP contribution in [0.15, 0.2) is 46.0 Å². The molecule has 1 aliphatic rings. The highest BCUT2D eigenvalue weighted by atomic mass is 32.2. The van der Waals surface area contributed by atoms with Crippen LogP contribution in [0.2, 0.25) is 0 Å². The van der Waals surface area contributed by atoms with Crippen LogP contribution in [0.3, 0.4) is 0 Å². The molecular weight excluding hydrogens is 462 g/mol. The molecule has 4 rings (SSSR count). The third-order valence-corrected chi connectivity index (χ3v) is 8.56. The molecule has 2 N–H and O–H groups in total. The number of carbonyl (C=O) groups excluding carboxylic acids is 2. The predicted molar refractivity (Wildman–Crippen MR) is 127 cm³/mol. The number of hydrogen-bond donors (Lipinski definition) is 2. The molecule has 33 heavy (non-hydrogen) atoms. The molecule has 0 atom stereocenters. The smallest absolute Gasteiger partial charge is 0.313 e. The lowest BCUT2D eigenvalue weighted by Crippen LogP contribution is -2.37. The molecule has 0 radical (unpaired) electrons. The van der Waals surface area contributed by atoms with E-state index >= 15 is 0 Å². The molecule has 11 heteroatoms. The second-order valence-electron chi connectivity index (χ2n) is 7.82. The average molecular weight is 488 g/mol. The van der Waals surface area contributed by atoms with E-state index in [0.717, 1.165) is 23.4 Å². The lowest BCUT2D eigenvalue weighted by molar-refractivity contribution is -0.136. The number of anilines is 2. The van der Waals surface area contributed by atoms with Crippen molar-refractivity contribution in [3.05, 3.63) is 58.7 Å². The van der Waals surface area contributed by atoms with Crippen molar-refractivity contribution in [1.29, 1.82) is 0 Å². The summed E-state index contributed by atoms with van der Waals surface area (Å²) >= 11 is 1.17. The molecule has 3 aromatic rings. The number of carbonyl (C=O) groups is 2. The minimum absolute atomic E-state index is 0.255. The van der Waals surface area contributed by atoms with E-state index < -0.39 is 21.8 Å². The first kappa shape index (κ1) is 23.0. The molecule has 0 fully saturated rings. The molecule has 1 aliphatic heterocycles. The van der Waals surface area contributed by atoms with Crippen molar-refractivity contribution in [3.63, 3.8) is 0 Å². The van der Waals surface area contributed by atoms with Gasteiger partial charge in [-0.3, -0.25) is 18.6 Å². The summed E-state index contributed by atoms with van der Waals surface area (Å²) in [6.45, 7) is 4.88. The number of hydrogen-bond acceptors (Lipinski definition) is 6. The van der Waals surface area contributed by atoms with Gasteiger partial charge in [0.2, 0.25) is 0 Å². The third-order valence-electron chi connectivity index (χ3n) is 5.38.